The first-order chi connectivity index (χ1) is 14.5. The molecule has 0 aliphatic heterocycles. The van der Waals surface area contributed by atoms with E-state index < -0.39 is 12.4 Å². The van der Waals surface area contributed by atoms with Crippen molar-refractivity contribution in [3.8, 4) is 11.1 Å². The van der Waals surface area contributed by atoms with Crippen LogP contribution in [0.1, 0.15) is 21.5 Å². The van der Waals surface area contributed by atoms with Gasteiger partial charge < -0.3 is 5.11 Å². The Labute approximate surface area is 174 Å². The van der Waals surface area contributed by atoms with Gasteiger partial charge in [-0.2, -0.15) is 0 Å². The number of aromatic nitrogens is 2. The molecule has 0 aliphatic carbocycles. The maximum absolute atomic E-state index is 12.9. The Bertz CT molecular complexity index is 1270. The van der Waals surface area contributed by atoms with E-state index in [9.17, 15) is 9.59 Å². The number of aliphatic hydroxyl groups excluding tert-OH is 1. The van der Waals surface area contributed by atoms with Gasteiger partial charge in [-0.15, -0.1) is 0 Å². The van der Waals surface area contributed by atoms with E-state index in [1.807, 2.05) is 6.07 Å². The van der Waals surface area contributed by atoms with Gasteiger partial charge >= 0.3 is 0 Å². The molecule has 1 N–H and O–H groups in total. The van der Waals surface area contributed by atoms with Gasteiger partial charge in [0.15, 0.2) is 5.78 Å². The van der Waals surface area contributed by atoms with Crippen molar-refractivity contribution in [1.29, 1.82) is 0 Å². The molecule has 1 aromatic heterocycles. The van der Waals surface area contributed by atoms with E-state index in [2.05, 4.69) is 54.4 Å². The Hall–Kier alpha value is -3.57. The Morgan fingerprint density at radius 1 is 1.00 bits per heavy atom. The number of Topliss-reactive ketones (excluding diaryl/α,β-unsaturated/α-hetero) is 1. The molecule has 1 heterocycles. The molecule has 0 amide bonds. The third-order valence-corrected chi connectivity index (χ3v) is 5.24. The van der Waals surface area contributed by atoms with Gasteiger partial charge in [-0.1, -0.05) is 54.1 Å². The quantitative estimate of drug-likeness (QED) is 0.502. The molecule has 0 radical (unpaired) electrons. The van der Waals surface area contributed by atoms with Crippen LogP contribution in [0.3, 0.4) is 0 Å². The molecule has 0 unspecified atom stereocenters. The van der Waals surface area contributed by atoms with Gasteiger partial charge in [0.2, 0.25) is 0 Å². The van der Waals surface area contributed by atoms with Crippen molar-refractivity contribution in [2.75, 3.05) is 6.61 Å². The molecule has 0 fully saturated rings. The van der Waals surface area contributed by atoms with E-state index in [0.29, 0.717) is 29.4 Å². The maximum Gasteiger partial charge on any atom is 0.261 e. The zero-order chi connectivity index (χ0) is 21.1. The minimum atomic E-state index is -0.586. The van der Waals surface area contributed by atoms with Gasteiger partial charge in [-0.25, -0.2) is 4.98 Å². The lowest BCUT2D eigenvalue weighted by molar-refractivity contribution is 0.0904. The van der Waals surface area contributed by atoms with Gasteiger partial charge in [0.25, 0.3) is 5.56 Å². The van der Waals surface area contributed by atoms with Crippen LogP contribution in [-0.4, -0.2) is 27.0 Å². The molecule has 30 heavy (non-hydrogen) atoms. The molecule has 3 aromatic carbocycles. The minimum absolute atomic E-state index is 0.192. The van der Waals surface area contributed by atoms with Crippen molar-refractivity contribution in [3.63, 3.8) is 0 Å². The number of aryl methyl sites for hydroxylation is 3. The molecule has 0 aliphatic rings. The van der Waals surface area contributed by atoms with E-state index in [1.165, 1.54) is 11.6 Å². The van der Waals surface area contributed by atoms with Crippen LogP contribution < -0.4 is 5.56 Å². The molecule has 4 rings (SSSR count). The van der Waals surface area contributed by atoms with Crippen LogP contribution in [0.5, 0.6) is 0 Å². The molecular formula is C25H22N2O3. The Morgan fingerprint density at radius 2 is 1.80 bits per heavy atom. The van der Waals surface area contributed by atoms with E-state index in [1.54, 1.807) is 23.0 Å². The van der Waals surface area contributed by atoms with Crippen LogP contribution in [0.4, 0.5) is 0 Å². The first kappa shape index (κ1) is 19.7. The van der Waals surface area contributed by atoms with Gasteiger partial charge in [0.1, 0.15) is 6.61 Å². The summed E-state index contributed by atoms with van der Waals surface area (Å²) in [6, 6.07) is 21.4. The number of fused-ring (bicyclic) bond motifs is 1. The summed E-state index contributed by atoms with van der Waals surface area (Å²) in [5.41, 5.74) is 5.31. The predicted octanol–water partition coefficient (Wildman–Crippen LogP) is 3.79. The van der Waals surface area contributed by atoms with Gasteiger partial charge in [-0.3, -0.25) is 14.2 Å². The van der Waals surface area contributed by atoms with E-state index in [4.69, 9.17) is 5.11 Å². The van der Waals surface area contributed by atoms with Crippen LogP contribution in [0.2, 0.25) is 0 Å². The normalized spacial score (nSPS) is 11.0. The lowest BCUT2D eigenvalue weighted by atomic mass is 10.0. The average molecular weight is 398 g/mol. The van der Waals surface area contributed by atoms with Crippen LogP contribution in [0, 0.1) is 6.92 Å². The third kappa shape index (κ3) is 4.07. The predicted molar refractivity (Wildman–Crippen MR) is 118 cm³/mol. The molecule has 4 aromatic rings. The summed E-state index contributed by atoms with van der Waals surface area (Å²) in [5.74, 6) is -0.417. The number of rotatable bonds is 6. The lowest BCUT2D eigenvalue weighted by Crippen LogP contribution is -2.22. The van der Waals surface area contributed by atoms with Gasteiger partial charge in [-0.05, 0) is 48.2 Å². The smallest absolute Gasteiger partial charge is 0.261 e. The maximum atomic E-state index is 12.9. The third-order valence-electron chi connectivity index (χ3n) is 5.24. The second-order valence-electron chi connectivity index (χ2n) is 7.37. The summed E-state index contributed by atoms with van der Waals surface area (Å²) in [4.78, 5) is 29.0. The molecule has 0 spiro atoms. The van der Waals surface area contributed by atoms with E-state index in [0.717, 1.165) is 16.7 Å². The molecule has 0 saturated heterocycles. The number of hydrogen-bond acceptors (Lipinski definition) is 4. The Morgan fingerprint density at radius 3 is 2.57 bits per heavy atom. The highest BCUT2D eigenvalue weighted by Crippen LogP contribution is 2.21. The number of carbonyl (C=O) groups is 1. The Balaban J connectivity index is 1.58. The van der Waals surface area contributed by atoms with Gasteiger partial charge in [0.05, 0.1) is 17.2 Å². The fourth-order valence-corrected chi connectivity index (χ4v) is 3.48. The number of aliphatic hydroxyl groups is 1. The zero-order valence-corrected chi connectivity index (χ0v) is 16.7. The number of carbonyl (C=O) groups excluding carboxylic acids is 1. The summed E-state index contributed by atoms with van der Waals surface area (Å²) in [6.07, 6.45) is 2.23. The fourth-order valence-electron chi connectivity index (χ4n) is 3.48. The molecule has 0 bridgehead atoms. The highest BCUT2D eigenvalue weighted by atomic mass is 16.3. The molecule has 5 heteroatoms. The highest BCUT2D eigenvalue weighted by molar-refractivity contribution is 5.99. The second kappa shape index (κ2) is 8.43. The van der Waals surface area contributed by atoms with Gasteiger partial charge in [0, 0.05) is 12.1 Å². The molecule has 5 nitrogen and oxygen atoms in total. The minimum Gasteiger partial charge on any atom is -0.388 e. The Kier molecular flexibility index (Phi) is 5.55. The lowest BCUT2D eigenvalue weighted by Gasteiger charge is -2.09. The number of benzene rings is 3. The molecular weight excluding hydrogens is 376 g/mol. The standard InChI is InChI=1S/C25H22N2O3/c1-17-5-7-19(8-6-17)20-4-2-3-18(13-20)11-12-27-16-26-23-10-9-21(24(29)15-28)14-22(23)25(27)30/h2-10,13-14,16,28H,11-12,15H2,1H3. The van der Waals surface area contributed by atoms with Crippen LogP contribution >= 0.6 is 0 Å². The monoisotopic (exact) mass is 398 g/mol. The highest BCUT2D eigenvalue weighted by Gasteiger charge is 2.10. The SMILES string of the molecule is Cc1ccc(-c2cccc(CCn3cnc4ccc(C(=O)CO)cc4c3=O)c2)cc1. The van der Waals surface area contributed by atoms with Crippen LogP contribution in [-0.2, 0) is 13.0 Å². The topological polar surface area (TPSA) is 72.2 Å². The largest absolute Gasteiger partial charge is 0.388 e. The summed E-state index contributed by atoms with van der Waals surface area (Å²) in [6.45, 7) is 1.97. The summed E-state index contributed by atoms with van der Waals surface area (Å²) in [7, 11) is 0. The first-order valence-electron chi connectivity index (χ1n) is 9.84. The second-order valence-corrected chi connectivity index (χ2v) is 7.37. The van der Waals surface area contributed by atoms with Crippen molar-refractivity contribution in [2.24, 2.45) is 0 Å². The number of nitrogens with zero attached hydrogens (tertiary/aromatic N) is 2. The first-order valence-corrected chi connectivity index (χ1v) is 9.84. The van der Waals surface area contributed by atoms with Crippen molar-refractivity contribution in [3.05, 3.63) is 100 Å². The fraction of sp³-hybridized carbons (Fsp3) is 0.160. The average Bonchev–Trinajstić information content (AvgIpc) is 2.78. The van der Waals surface area contributed by atoms with Crippen molar-refractivity contribution < 1.29 is 9.90 Å². The number of ketones is 1. The van der Waals surface area contributed by atoms with E-state index in [-0.39, 0.29) is 5.56 Å². The van der Waals surface area contributed by atoms with Crippen LogP contribution in [0.25, 0.3) is 22.0 Å². The molecule has 150 valence electrons. The van der Waals surface area contributed by atoms with Crippen molar-refractivity contribution in [1.82, 2.24) is 9.55 Å². The molecule has 0 atom stereocenters. The van der Waals surface area contributed by atoms with Crippen molar-refractivity contribution in [2.45, 2.75) is 19.9 Å². The molecule has 0 saturated carbocycles. The zero-order valence-electron chi connectivity index (χ0n) is 16.7. The summed E-state index contributed by atoms with van der Waals surface area (Å²) in [5, 5.41) is 9.44. The van der Waals surface area contributed by atoms with Crippen molar-refractivity contribution >= 4 is 16.7 Å². The summed E-state index contributed by atoms with van der Waals surface area (Å²) >= 11 is 0. The number of hydrogen-bond donors (Lipinski definition) is 1. The van der Waals surface area contributed by atoms with Crippen LogP contribution in [0.15, 0.2) is 77.9 Å². The summed E-state index contributed by atoms with van der Waals surface area (Å²) < 4.78 is 1.56. The van der Waals surface area contributed by atoms with E-state index >= 15 is 0 Å².